The lowest BCUT2D eigenvalue weighted by atomic mass is 9.96. The maximum Gasteiger partial charge on any atom is 0.402 e. The molecule has 0 spiro atoms. The van der Waals surface area contributed by atoms with Gasteiger partial charge in [0.05, 0.1) is 25.0 Å². The maximum absolute atomic E-state index is 8.77. The van der Waals surface area contributed by atoms with Crippen molar-refractivity contribution in [2.75, 3.05) is 13.2 Å². The molecule has 0 saturated heterocycles. The van der Waals surface area contributed by atoms with Crippen LogP contribution in [-0.4, -0.2) is 18.9 Å². The monoisotopic (exact) mass is 300 g/mol. The summed E-state index contributed by atoms with van der Waals surface area (Å²) >= 11 is 5.20. The summed E-state index contributed by atoms with van der Waals surface area (Å²) in [6, 6.07) is 2.11. The molecule has 0 N–H and O–H groups in total. The second kappa shape index (κ2) is 8.23. The van der Waals surface area contributed by atoms with Crippen LogP contribution in [0.15, 0.2) is 29.5 Å². The summed E-state index contributed by atoms with van der Waals surface area (Å²) in [5.41, 5.74) is 0.651. The van der Waals surface area contributed by atoms with Gasteiger partial charge in [0.25, 0.3) is 0 Å². The number of nitriles is 1. The Morgan fingerprint density at radius 3 is 2.63 bits per heavy atom. The molecule has 19 heavy (non-hydrogen) atoms. The van der Waals surface area contributed by atoms with Gasteiger partial charge in [0.1, 0.15) is 0 Å². The van der Waals surface area contributed by atoms with Crippen molar-refractivity contribution >= 4 is 24.2 Å². The molecule has 0 heterocycles. The molecular formula is C12H17N2O3PS. The van der Waals surface area contributed by atoms with Gasteiger partial charge in [0.15, 0.2) is 0 Å². The van der Waals surface area contributed by atoms with E-state index in [0.29, 0.717) is 25.3 Å². The van der Waals surface area contributed by atoms with Crippen LogP contribution >= 0.6 is 6.72 Å². The first-order valence-electron chi connectivity index (χ1n) is 6.02. The van der Waals surface area contributed by atoms with E-state index in [-0.39, 0.29) is 5.92 Å². The molecule has 0 aliphatic heterocycles. The Labute approximate surface area is 118 Å². The van der Waals surface area contributed by atoms with Crippen molar-refractivity contribution in [3.8, 4) is 6.07 Å². The van der Waals surface area contributed by atoms with Crippen LogP contribution in [0, 0.1) is 17.2 Å². The van der Waals surface area contributed by atoms with Gasteiger partial charge in [-0.1, -0.05) is 23.4 Å². The molecular weight excluding hydrogens is 283 g/mol. The molecule has 0 saturated carbocycles. The zero-order valence-corrected chi connectivity index (χ0v) is 12.7. The highest BCUT2D eigenvalue weighted by molar-refractivity contribution is 8.07. The predicted octanol–water partition coefficient (Wildman–Crippen LogP) is 3.31. The van der Waals surface area contributed by atoms with Crippen molar-refractivity contribution in [3.05, 3.63) is 24.3 Å². The summed E-state index contributed by atoms with van der Waals surface area (Å²) in [6.45, 7) is 1.61. The predicted molar refractivity (Wildman–Crippen MR) is 78.1 cm³/mol. The fraction of sp³-hybridized carbons (Fsp3) is 0.500. The van der Waals surface area contributed by atoms with Gasteiger partial charge >= 0.3 is 6.72 Å². The molecule has 1 aliphatic rings. The lowest BCUT2D eigenvalue weighted by molar-refractivity contribution is 0.171. The number of oxime groups is 1. The van der Waals surface area contributed by atoms with E-state index in [1.165, 1.54) is 0 Å². The van der Waals surface area contributed by atoms with E-state index in [1.54, 1.807) is 6.08 Å². The number of hydrogen-bond donors (Lipinski definition) is 0. The zero-order valence-electron chi connectivity index (χ0n) is 11.0. The Hall–Kier alpha value is -0.990. The van der Waals surface area contributed by atoms with E-state index in [4.69, 9.17) is 30.7 Å². The summed E-state index contributed by atoms with van der Waals surface area (Å²) in [6.07, 6.45) is 7.74. The van der Waals surface area contributed by atoms with Gasteiger partial charge in [-0.2, -0.15) is 5.26 Å². The normalized spacial score (nSPS) is 20.5. The Morgan fingerprint density at radius 1 is 1.37 bits per heavy atom. The van der Waals surface area contributed by atoms with Gasteiger partial charge < -0.3 is 4.62 Å². The average Bonchev–Trinajstić information content (AvgIpc) is 2.39. The van der Waals surface area contributed by atoms with Crippen molar-refractivity contribution in [3.63, 3.8) is 0 Å². The van der Waals surface area contributed by atoms with Crippen LogP contribution in [0.3, 0.4) is 0 Å². The van der Waals surface area contributed by atoms with Gasteiger partial charge in [-0.25, -0.2) is 0 Å². The fourth-order valence-corrected chi connectivity index (χ4v) is 3.17. The minimum atomic E-state index is -2.83. The first-order valence-corrected chi connectivity index (χ1v) is 8.58. The molecule has 1 unspecified atom stereocenters. The highest BCUT2D eigenvalue weighted by atomic mass is 32.5. The number of hydrogen-bond acceptors (Lipinski definition) is 6. The zero-order chi connectivity index (χ0) is 14.1. The minimum absolute atomic E-state index is 0.0818. The van der Waals surface area contributed by atoms with Gasteiger partial charge in [-0.15, -0.1) is 0 Å². The van der Waals surface area contributed by atoms with Crippen molar-refractivity contribution in [1.29, 1.82) is 5.26 Å². The fourth-order valence-electron chi connectivity index (χ4n) is 1.44. The molecule has 1 rings (SSSR count). The largest absolute Gasteiger partial charge is 0.402 e. The van der Waals surface area contributed by atoms with E-state index >= 15 is 0 Å². The smallest absolute Gasteiger partial charge is 0.313 e. The van der Waals surface area contributed by atoms with Crippen LogP contribution in [0.25, 0.3) is 0 Å². The van der Waals surface area contributed by atoms with E-state index in [2.05, 4.69) is 11.2 Å². The Bertz CT molecular complexity index is 458. The lowest BCUT2D eigenvalue weighted by Gasteiger charge is -2.19. The van der Waals surface area contributed by atoms with Crippen LogP contribution in [0.5, 0.6) is 0 Å². The van der Waals surface area contributed by atoms with Crippen LogP contribution in [0.2, 0.25) is 0 Å². The number of rotatable bonds is 7. The number of allylic oxidation sites excluding steroid dienone is 4. The Morgan fingerprint density at radius 2 is 2.05 bits per heavy atom. The molecule has 0 aromatic carbocycles. The first-order chi connectivity index (χ1) is 9.15. The van der Waals surface area contributed by atoms with Gasteiger partial charge in [0, 0.05) is 24.1 Å². The SMILES string of the molecule is CCOP(=S)(OCC)ON=C1C=CC=CC1CC#N. The lowest BCUT2D eigenvalue weighted by Crippen LogP contribution is -2.12. The van der Waals surface area contributed by atoms with Crippen molar-refractivity contribution in [2.45, 2.75) is 20.3 Å². The standard InChI is InChI=1S/C12H17N2O3PS/c1-3-15-18(19,16-4-2)17-14-12-8-6-5-7-11(12)9-10-13/h5-8,11H,3-4,9H2,1-2H3. The van der Waals surface area contributed by atoms with Gasteiger partial charge in [0.2, 0.25) is 0 Å². The van der Waals surface area contributed by atoms with Crippen molar-refractivity contribution in [1.82, 2.24) is 0 Å². The maximum atomic E-state index is 8.77. The van der Waals surface area contributed by atoms with Crippen LogP contribution < -0.4 is 0 Å². The molecule has 0 bridgehead atoms. The first kappa shape index (κ1) is 16.1. The van der Waals surface area contributed by atoms with E-state index < -0.39 is 6.72 Å². The van der Waals surface area contributed by atoms with E-state index in [1.807, 2.05) is 32.1 Å². The molecule has 104 valence electrons. The summed E-state index contributed by atoms with van der Waals surface area (Å²) < 4.78 is 15.9. The molecule has 0 amide bonds. The quantitative estimate of drug-likeness (QED) is 0.533. The highest BCUT2D eigenvalue weighted by Gasteiger charge is 2.22. The van der Waals surface area contributed by atoms with Crippen LogP contribution in [0.4, 0.5) is 0 Å². The minimum Gasteiger partial charge on any atom is -0.313 e. The molecule has 5 nitrogen and oxygen atoms in total. The summed E-state index contributed by atoms with van der Waals surface area (Å²) in [5, 5.41) is 12.8. The average molecular weight is 300 g/mol. The molecule has 0 fully saturated rings. The second-order valence-corrected chi connectivity index (χ2v) is 6.51. The van der Waals surface area contributed by atoms with Crippen LogP contribution in [-0.2, 0) is 25.5 Å². The topological polar surface area (TPSA) is 63.8 Å². The molecule has 0 radical (unpaired) electrons. The molecule has 0 aromatic rings. The third-order valence-electron chi connectivity index (χ3n) is 2.23. The second-order valence-electron chi connectivity index (χ2n) is 3.59. The molecule has 7 heteroatoms. The molecule has 1 aliphatic carbocycles. The van der Waals surface area contributed by atoms with Gasteiger partial charge in [-0.3, -0.25) is 9.05 Å². The third kappa shape index (κ3) is 5.25. The van der Waals surface area contributed by atoms with Crippen molar-refractivity contribution in [2.24, 2.45) is 11.1 Å². The molecule has 1 atom stereocenters. The van der Waals surface area contributed by atoms with Crippen molar-refractivity contribution < 1.29 is 13.7 Å². The summed E-state index contributed by atoms with van der Waals surface area (Å²) in [5.74, 6) is -0.0818. The Balaban J connectivity index is 2.77. The van der Waals surface area contributed by atoms with E-state index in [9.17, 15) is 0 Å². The molecule has 0 aromatic heterocycles. The third-order valence-corrected chi connectivity index (χ3v) is 4.50. The van der Waals surface area contributed by atoms with Crippen LogP contribution in [0.1, 0.15) is 20.3 Å². The summed E-state index contributed by atoms with van der Waals surface area (Å²) in [7, 11) is 0. The van der Waals surface area contributed by atoms with Gasteiger partial charge in [-0.05, 0) is 19.9 Å². The summed E-state index contributed by atoms with van der Waals surface area (Å²) in [4.78, 5) is 0. The number of nitrogens with zero attached hydrogens (tertiary/aromatic N) is 2. The highest BCUT2D eigenvalue weighted by Crippen LogP contribution is 2.50. The van der Waals surface area contributed by atoms with E-state index in [0.717, 1.165) is 0 Å². The Kier molecular flexibility index (Phi) is 6.96.